The van der Waals surface area contributed by atoms with Gasteiger partial charge in [0.25, 0.3) is 0 Å². The highest BCUT2D eigenvalue weighted by Gasteiger charge is 2.11. The molecule has 0 bridgehead atoms. The van der Waals surface area contributed by atoms with E-state index in [0.29, 0.717) is 17.2 Å². The highest BCUT2D eigenvalue weighted by molar-refractivity contribution is 5.93. The first-order valence-electron chi connectivity index (χ1n) is 5.01. The molecule has 0 aliphatic heterocycles. The Labute approximate surface area is 100.0 Å². The number of nitriles is 1. The lowest BCUT2D eigenvalue weighted by atomic mass is 10.2. The third kappa shape index (κ3) is 3.11. The Bertz CT molecular complexity index is 464. The molecule has 5 heteroatoms. The van der Waals surface area contributed by atoms with Crippen molar-refractivity contribution in [2.75, 3.05) is 19.5 Å². The van der Waals surface area contributed by atoms with Gasteiger partial charge in [-0.25, -0.2) is 0 Å². The average Bonchev–Trinajstić information content (AvgIpc) is 2.31. The molecular formula is C12H14N2O3. The molecule has 0 fully saturated rings. The van der Waals surface area contributed by atoms with Crippen molar-refractivity contribution in [3.05, 3.63) is 17.7 Å². The van der Waals surface area contributed by atoms with Crippen LogP contribution in [0.25, 0.3) is 0 Å². The van der Waals surface area contributed by atoms with Crippen LogP contribution in [-0.4, -0.2) is 20.1 Å². The average molecular weight is 234 g/mol. The first-order valence-corrected chi connectivity index (χ1v) is 5.01. The van der Waals surface area contributed by atoms with Gasteiger partial charge in [-0.15, -0.1) is 0 Å². The second-order valence-corrected chi connectivity index (χ2v) is 3.41. The molecule has 0 aliphatic carbocycles. The number of carbonyl (C=O) groups excluding carboxylic acids is 1. The van der Waals surface area contributed by atoms with E-state index in [4.69, 9.17) is 14.7 Å². The highest BCUT2D eigenvalue weighted by atomic mass is 16.5. The van der Waals surface area contributed by atoms with Gasteiger partial charge < -0.3 is 14.8 Å². The zero-order valence-corrected chi connectivity index (χ0v) is 10.0. The van der Waals surface area contributed by atoms with E-state index in [9.17, 15) is 4.79 Å². The fraction of sp³-hybridized carbons (Fsp3) is 0.333. The van der Waals surface area contributed by atoms with Crippen LogP contribution in [-0.2, 0) is 4.79 Å². The zero-order valence-electron chi connectivity index (χ0n) is 10.0. The van der Waals surface area contributed by atoms with Crippen LogP contribution < -0.4 is 14.8 Å². The Kier molecular flexibility index (Phi) is 4.35. The molecule has 0 unspecified atom stereocenters. The quantitative estimate of drug-likeness (QED) is 0.863. The van der Waals surface area contributed by atoms with Crippen molar-refractivity contribution in [1.29, 1.82) is 5.26 Å². The van der Waals surface area contributed by atoms with Gasteiger partial charge in [0.2, 0.25) is 5.91 Å². The number of nitrogens with one attached hydrogen (secondary N) is 1. The third-order valence-electron chi connectivity index (χ3n) is 2.23. The summed E-state index contributed by atoms with van der Waals surface area (Å²) in [5.41, 5.74) is 1.40. The van der Waals surface area contributed by atoms with Crippen molar-refractivity contribution in [3.63, 3.8) is 0 Å². The van der Waals surface area contributed by atoms with Crippen molar-refractivity contribution in [2.24, 2.45) is 0 Å². The minimum atomic E-state index is -0.378. The number of ether oxygens (including phenoxy) is 2. The summed E-state index contributed by atoms with van der Waals surface area (Å²) < 4.78 is 10.3. The van der Waals surface area contributed by atoms with Crippen LogP contribution in [0.5, 0.6) is 11.5 Å². The SMILES string of the molecule is COc1cc(NC(=O)CC#N)c(OC)cc1C. The molecule has 1 amide bonds. The molecule has 1 aromatic rings. The van der Waals surface area contributed by atoms with Gasteiger partial charge in [0.15, 0.2) is 0 Å². The van der Waals surface area contributed by atoms with Crippen molar-refractivity contribution in [3.8, 4) is 17.6 Å². The molecule has 0 spiro atoms. The lowest BCUT2D eigenvalue weighted by molar-refractivity contribution is -0.115. The van der Waals surface area contributed by atoms with Crippen molar-refractivity contribution >= 4 is 11.6 Å². The first kappa shape index (κ1) is 12.8. The minimum Gasteiger partial charge on any atom is -0.496 e. The van der Waals surface area contributed by atoms with Gasteiger partial charge in [0.1, 0.15) is 17.9 Å². The van der Waals surface area contributed by atoms with E-state index in [1.807, 2.05) is 6.92 Å². The zero-order chi connectivity index (χ0) is 12.8. The summed E-state index contributed by atoms with van der Waals surface area (Å²) in [6, 6.07) is 5.22. The maximum atomic E-state index is 11.3. The monoisotopic (exact) mass is 234 g/mol. The molecule has 0 saturated carbocycles. The van der Waals surface area contributed by atoms with Gasteiger partial charge in [0, 0.05) is 6.07 Å². The van der Waals surface area contributed by atoms with Crippen molar-refractivity contribution in [2.45, 2.75) is 13.3 Å². The topological polar surface area (TPSA) is 71.3 Å². The summed E-state index contributed by atoms with van der Waals surface area (Å²) in [6.45, 7) is 1.88. The third-order valence-corrected chi connectivity index (χ3v) is 2.23. The van der Waals surface area contributed by atoms with Crippen LogP contribution in [0.2, 0.25) is 0 Å². The first-order chi connectivity index (χ1) is 8.12. The largest absolute Gasteiger partial charge is 0.496 e. The highest BCUT2D eigenvalue weighted by Crippen LogP contribution is 2.32. The summed E-state index contributed by atoms with van der Waals surface area (Å²) in [6.07, 6.45) is -0.195. The number of anilines is 1. The maximum Gasteiger partial charge on any atom is 0.238 e. The Morgan fingerprint density at radius 1 is 1.35 bits per heavy atom. The number of carbonyl (C=O) groups is 1. The Morgan fingerprint density at radius 2 is 2.00 bits per heavy atom. The van der Waals surface area contributed by atoms with E-state index >= 15 is 0 Å². The van der Waals surface area contributed by atoms with Crippen LogP contribution in [0.1, 0.15) is 12.0 Å². The number of amides is 1. The van der Waals surface area contributed by atoms with E-state index in [1.165, 1.54) is 7.11 Å². The van der Waals surface area contributed by atoms with Crippen LogP contribution in [0.3, 0.4) is 0 Å². The fourth-order valence-electron chi connectivity index (χ4n) is 1.41. The van der Waals surface area contributed by atoms with Gasteiger partial charge >= 0.3 is 0 Å². The molecule has 0 heterocycles. The van der Waals surface area contributed by atoms with Crippen LogP contribution in [0.4, 0.5) is 5.69 Å². The number of nitrogens with zero attached hydrogens (tertiary/aromatic N) is 1. The molecule has 0 aromatic heterocycles. The molecular weight excluding hydrogens is 220 g/mol. The lowest BCUT2D eigenvalue weighted by Gasteiger charge is -2.13. The number of hydrogen-bond acceptors (Lipinski definition) is 4. The van der Waals surface area contributed by atoms with E-state index in [0.717, 1.165) is 5.56 Å². The minimum absolute atomic E-state index is 0.195. The number of benzene rings is 1. The summed E-state index contributed by atoms with van der Waals surface area (Å²) >= 11 is 0. The lowest BCUT2D eigenvalue weighted by Crippen LogP contribution is -2.11. The van der Waals surface area contributed by atoms with Gasteiger partial charge in [-0.2, -0.15) is 5.26 Å². The predicted octanol–water partition coefficient (Wildman–Crippen LogP) is 1.86. The van der Waals surface area contributed by atoms with Crippen LogP contribution in [0.15, 0.2) is 12.1 Å². The molecule has 0 saturated heterocycles. The van der Waals surface area contributed by atoms with Gasteiger partial charge in [0.05, 0.1) is 26.0 Å². The number of rotatable bonds is 4. The van der Waals surface area contributed by atoms with E-state index in [1.54, 1.807) is 25.3 Å². The molecule has 1 rings (SSSR count). The Hall–Kier alpha value is -2.22. The van der Waals surface area contributed by atoms with E-state index in [2.05, 4.69) is 5.32 Å². The van der Waals surface area contributed by atoms with Gasteiger partial charge in [-0.05, 0) is 18.6 Å². The molecule has 0 atom stereocenters. The summed E-state index contributed by atoms with van der Waals surface area (Å²) in [4.78, 5) is 11.3. The molecule has 1 aromatic carbocycles. The maximum absolute atomic E-state index is 11.3. The molecule has 0 aliphatic rings. The summed E-state index contributed by atoms with van der Waals surface area (Å²) in [5, 5.41) is 11.0. The standard InChI is InChI=1S/C12H14N2O3/c1-8-6-11(17-3)9(7-10(8)16-2)14-12(15)4-5-13/h6-7H,4H2,1-3H3,(H,14,15). The smallest absolute Gasteiger partial charge is 0.238 e. The van der Waals surface area contributed by atoms with Crippen LogP contribution >= 0.6 is 0 Å². The van der Waals surface area contributed by atoms with Gasteiger partial charge in [-0.3, -0.25) is 4.79 Å². The molecule has 1 N–H and O–H groups in total. The van der Waals surface area contributed by atoms with Crippen molar-refractivity contribution < 1.29 is 14.3 Å². The number of hydrogen-bond donors (Lipinski definition) is 1. The normalized spacial score (nSPS) is 9.29. The van der Waals surface area contributed by atoms with Crippen molar-refractivity contribution in [1.82, 2.24) is 0 Å². The number of aryl methyl sites for hydroxylation is 1. The fourth-order valence-corrected chi connectivity index (χ4v) is 1.41. The van der Waals surface area contributed by atoms with E-state index in [-0.39, 0.29) is 12.3 Å². The Morgan fingerprint density at radius 3 is 2.53 bits per heavy atom. The summed E-state index contributed by atoms with van der Waals surface area (Å²) in [7, 11) is 3.07. The second kappa shape index (κ2) is 5.75. The molecule has 5 nitrogen and oxygen atoms in total. The molecule has 0 radical (unpaired) electrons. The Balaban J connectivity index is 3.04. The molecule has 90 valence electrons. The summed E-state index contributed by atoms with van der Waals surface area (Å²) in [5.74, 6) is 0.810. The predicted molar refractivity (Wildman–Crippen MR) is 63.1 cm³/mol. The van der Waals surface area contributed by atoms with E-state index < -0.39 is 0 Å². The van der Waals surface area contributed by atoms with Gasteiger partial charge in [-0.1, -0.05) is 0 Å². The second-order valence-electron chi connectivity index (χ2n) is 3.41. The molecule has 17 heavy (non-hydrogen) atoms. The number of methoxy groups -OCH3 is 2. The van der Waals surface area contributed by atoms with Crippen LogP contribution in [0, 0.1) is 18.3 Å².